The number of hydrogen-bond donors (Lipinski definition) is 1. The van der Waals surface area contributed by atoms with E-state index in [2.05, 4.69) is 15.3 Å². The molecule has 0 radical (unpaired) electrons. The van der Waals surface area contributed by atoms with Crippen molar-refractivity contribution in [3.8, 4) is 0 Å². The Balaban J connectivity index is 1.68. The van der Waals surface area contributed by atoms with Crippen molar-refractivity contribution in [2.45, 2.75) is 39.8 Å². The monoisotopic (exact) mass is 356 g/mol. The first-order valence-electron chi connectivity index (χ1n) is 8.12. The summed E-state index contributed by atoms with van der Waals surface area (Å²) in [5, 5.41) is 3.60. The Kier molecular flexibility index (Phi) is 4.94. The van der Waals surface area contributed by atoms with Crippen LogP contribution in [-0.4, -0.2) is 20.4 Å². The van der Waals surface area contributed by atoms with E-state index < -0.39 is 0 Å². The zero-order valence-corrected chi connectivity index (χ0v) is 15.3. The van der Waals surface area contributed by atoms with Crippen molar-refractivity contribution >= 4 is 27.5 Å². The summed E-state index contributed by atoms with van der Waals surface area (Å²) in [4.78, 5) is 35.0. The van der Waals surface area contributed by atoms with E-state index in [1.165, 1.54) is 22.2 Å². The van der Waals surface area contributed by atoms with Gasteiger partial charge in [-0.3, -0.25) is 19.1 Å². The molecule has 0 aliphatic heterocycles. The van der Waals surface area contributed by atoms with Gasteiger partial charge in [0.05, 0.1) is 17.8 Å². The third-order valence-electron chi connectivity index (χ3n) is 4.32. The van der Waals surface area contributed by atoms with Gasteiger partial charge in [-0.1, -0.05) is 0 Å². The summed E-state index contributed by atoms with van der Waals surface area (Å²) in [5.74, 6) is -0.102. The van der Waals surface area contributed by atoms with Crippen molar-refractivity contribution in [3.05, 3.63) is 57.2 Å². The first-order valence-corrected chi connectivity index (χ1v) is 8.93. The molecule has 3 rings (SSSR count). The summed E-state index contributed by atoms with van der Waals surface area (Å²) >= 11 is 1.52. The predicted octanol–water partition coefficient (Wildman–Crippen LogP) is 2.74. The van der Waals surface area contributed by atoms with Crippen LogP contribution in [0.1, 0.15) is 35.4 Å². The number of pyridine rings is 1. The summed E-state index contributed by atoms with van der Waals surface area (Å²) in [6, 6.07) is 3.64. The number of carbonyl (C=O) groups excluding carboxylic acids is 1. The molecular formula is C18H20N4O2S. The molecule has 0 aromatic carbocycles. The van der Waals surface area contributed by atoms with Crippen LogP contribution in [0.25, 0.3) is 10.2 Å². The molecular weight excluding hydrogens is 336 g/mol. The third-order valence-corrected chi connectivity index (χ3v) is 5.43. The first kappa shape index (κ1) is 17.3. The fraction of sp³-hybridized carbons (Fsp3) is 0.333. The minimum atomic E-state index is -0.102. The lowest BCUT2D eigenvalue weighted by Gasteiger charge is -2.14. The van der Waals surface area contributed by atoms with E-state index >= 15 is 0 Å². The Bertz CT molecular complexity index is 962. The normalized spacial score (nSPS) is 12.3. The van der Waals surface area contributed by atoms with Crippen molar-refractivity contribution in [1.29, 1.82) is 0 Å². The summed E-state index contributed by atoms with van der Waals surface area (Å²) < 4.78 is 1.51. The lowest BCUT2D eigenvalue weighted by Crippen LogP contribution is -2.29. The van der Waals surface area contributed by atoms with Gasteiger partial charge in [0.2, 0.25) is 5.91 Å². The van der Waals surface area contributed by atoms with Crippen LogP contribution in [0.3, 0.4) is 0 Å². The van der Waals surface area contributed by atoms with Crippen molar-refractivity contribution in [1.82, 2.24) is 19.9 Å². The molecule has 1 atom stereocenters. The highest BCUT2D eigenvalue weighted by atomic mass is 32.1. The lowest BCUT2D eigenvalue weighted by molar-refractivity contribution is -0.121. The molecule has 0 saturated heterocycles. The molecule has 1 unspecified atom stereocenters. The van der Waals surface area contributed by atoms with Crippen LogP contribution in [0.4, 0.5) is 0 Å². The molecule has 0 spiro atoms. The van der Waals surface area contributed by atoms with Crippen LogP contribution >= 0.6 is 11.3 Å². The first-order chi connectivity index (χ1) is 12.0. The van der Waals surface area contributed by atoms with Crippen LogP contribution in [0.2, 0.25) is 0 Å². The Morgan fingerprint density at radius 3 is 2.76 bits per heavy atom. The zero-order valence-electron chi connectivity index (χ0n) is 14.4. The van der Waals surface area contributed by atoms with Gasteiger partial charge in [0.1, 0.15) is 4.83 Å². The van der Waals surface area contributed by atoms with Gasteiger partial charge in [-0.2, -0.15) is 0 Å². The molecule has 0 aliphatic rings. The van der Waals surface area contributed by atoms with E-state index in [4.69, 9.17) is 0 Å². The molecule has 1 amide bonds. The Hall–Kier alpha value is -2.54. The van der Waals surface area contributed by atoms with Gasteiger partial charge in [0.25, 0.3) is 5.56 Å². The minimum absolute atomic E-state index is 0.0816. The molecule has 0 aliphatic carbocycles. The van der Waals surface area contributed by atoms with Gasteiger partial charge >= 0.3 is 0 Å². The summed E-state index contributed by atoms with van der Waals surface area (Å²) in [7, 11) is 0. The van der Waals surface area contributed by atoms with Gasteiger partial charge in [-0.05, 0) is 44.0 Å². The highest BCUT2D eigenvalue weighted by Crippen LogP contribution is 2.25. The van der Waals surface area contributed by atoms with Gasteiger partial charge in [-0.25, -0.2) is 4.98 Å². The second-order valence-electron chi connectivity index (χ2n) is 6.03. The van der Waals surface area contributed by atoms with Gasteiger partial charge in [0.15, 0.2) is 0 Å². The SMILES string of the molecule is Cc1sc2ncn(CCC(=O)NC(C)c3ccncc3)c(=O)c2c1C. The number of rotatable bonds is 5. The van der Waals surface area contributed by atoms with Gasteiger partial charge in [0, 0.05) is 30.2 Å². The van der Waals surface area contributed by atoms with E-state index in [0.717, 1.165) is 20.8 Å². The Morgan fingerprint density at radius 2 is 2.04 bits per heavy atom. The average Bonchev–Trinajstić information content (AvgIpc) is 2.90. The molecule has 0 saturated carbocycles. The number of nitrogens with zero attached hydrogens (tertiary/aromatic N) is 3. The summed E-state index contributed by atoms with van der Waals surface area (Å²) in [5.41, 5.74) is 1.89. The minimum Gasteiger partial charge on any atom is -0.350 e. The maximum Gasteiger partial charge on any atom is 0.262 e. The number of carbonyl (C=O) groups is 1. The van der Waals surface area contributed by atoms with E-state index in [-0.39, 0.29) is 23.9 Å². The molecule has 130 valence electrons. The topological polar surface area (TPSA) is 76.9 Å². The predicted molar refractivity (Wildman–Crippen MR) is 98.8 cm³/mol. The van der Waals surface area contributed by atoms with Gasteiger partial charge < -0.3 is 5.32 Å². The maximum atomic E-state index is 12.6. The van der Waals surface area contributed by atoms with Crippen molar-refractivity contribution in [3.63, 3.8) is 0 Å². The number of aromatic nitrogens is 3. The van der Waals surface area contributed by atoms with Crippen molar-refractivity contribution in [2.24, 2.45) is 0 Å². The molecule has 3 heterocycles. The van der Waals surface area contributed by atoms with Crippen LogP contribution in [-0.2, 0) is 11.3 Å². The number of amides is 1. The largest absolute Gasteiger partial charge is 0.350 e. The maximum absolute atomic E-state index is 12.6. The third kappa shape index (κ3) is 3.61. The standard InChI is InChI=1S/C18H20N4O2S/c1-11-13(3)25-17-16(11)18(24)22(10-20-17)9-6-15(23)21-12(2)14-4-7-19-8-5-14/h4-5,7-8,10,12H,6,9H2,1-3H3,(H,21,23). The number of hydrogen-bond acceptors (Lipinski definition) is 5. The number of fused-ring (bicyclic) bond motifs is 1. The fourth-order valence-electron chi connectivity index (χ4n) is 2.70. The highest BCUT2D eigenvalue weighted by molar-refractivity contribution is 7.18. The van der Waals surface area contributed by atoms with Crippen molar-refractivity contribution < 1.29 is 4.79 Å². The molecule has 7 heteroatoms. The van der Waals surface area contributed by atoms with Crippen LogP contribution in [0.5, 0.6) is 0 Å². The number of aryl methyl sites for hydroxylation is 3. The second-order valence-corrected chi connectivity index (χ2v) is 7.23. The summed E-state index contributed by atoms with van der Waals surface area (Å²) in [6.45, 7) is 6.15. The highest BCUT2D eigenvalue weighted by Gasteiger charge is 2.13. The fourth-order valence-corrected chi connectivity index (χ4v) is 3.69. The lowest BCUT2D eigenvalue weighted by atomic mass is 10.1. The molecule has 25 heavy (non-hydrogen) atoms. The Morgan fingerprint density at radius 1 is 1.32 bits per heavy atom. The van der Waals surface area contributed by atoms with Crippen LogP contribution in [0, 0.1) is 13.8 Å². The van der Waals surface area contributed by atoms with E-state index in [1.807, 2.05) is 32.9 Å². The molecule has 0 bridgehead atoms. The van der Waals surface area contributed by atoms with Crippen LogP contribution in [0.15, 0.2) is 35.6 Å². The van der Waals surface area contributed by atoms with Crippen LogP contribution < -0.4 is 10.9 Å². The molecule has 3 aromatic rings. The van der Waals surface area contributed by atoms with Crippen molar-refractivity contribution in [2.75, 3.05) is 0 Å². The molecule has 6 nitrogen and oxygen atoms in total. The molecule has 3 aromatic heterocycles. The molecule has 1 N–H and O–H groups in total. The Labute approximate surface area is 149 Å². The quantitative estimate of drug-likeness (QED) is 0.762. The average molecular weight is 356 g/mol. The van der Waals surface area contributed by atoms with E-state index in [1.54, 1.807) is 12.4 Å². The summed E-state index contributed by atoms with van der Waals surface area (Å²) in [6.07, 6.45) is 5.15. The van der Waals surface area contributed by atoms with E-state index in [0.29, 0.717) is 11.9 Å². The number of thiophene rings is 1. The zero-order chi connectivity index (χ0) is 18.0. The second kappa shape index (κ2) is 7.14. The molecule has 0 fully saturated rings. The van der Waals surface area contributed by atoms with Gasteiger partial charge in [-0.15, -0.1) is 11.3 Å². The number of nitrogens with one attached hydrogen (secondary N) is 1. The van der Waals surface area contributed by atoms with E-state index in [9.17, 15) is 9.59 Å². The smallest absolute Gasteiger partial charge is 0.262 e.